The third kappa shape index (κ3) is 2.39. The number of benzene rings is 3. The van der Waals surface area contributed by atoms with Crippen molar-refractivity contribution in [2.45, 2.75) is 6.92 Å². The molecule has 0 atom stereocenters. The summed E-state index contributed by atoms with van der Waals surface area (Å²) in [5, 5.41) is 32.4. The SMILES string of the molecule is C/C(C#N)=c1/c2ccc(N)cc2c(=C(C#N)C#N)c2ccc(N)cc12. The maximum absolute atomic E-state index is 9.45. The van der Waals surface area contributed by atoms with Crippen molar-refractivity contribution >= 4 is 44.1 Å². The Labute approximate surface area is 143 Å². The predicted octanol–water partition coefficient (Wildman–Crippen LogP) is 2.05. The minimum atomic E-state index is -0.00784. The summed E-state index contributed by atoms with van der Waals surface area (Å²) in [5.74, 6) is 0. The molecule has 0 fully saturated rings. The molecule has 0 aliphatic rings. The zero-order valence-corrected chi connectivity index (χ0v) is 13.5. The molecule has 4 N–H and O–H groups in total. The zero-order chi connectivity index (χ0) is 18.1. The summed E-state index contributed by atoms with van der Waals surface area (Å²) in [7, 11) is 0. The number of nitrogens with zero attached hydrogens (tertiary/aromatic N) is 3. The topological polar surface area (TPSA) is 123 Å². The van der Waals surface area contributed by atoms with Crippen LogP contribution in [0.5, 0.6) is 0 Å². The number of rotatable bonds is 0. The van der Waals surface area contributed by atoms with Gasteiger partial charge in [-0.2, -0.15) is 15.8 Å². The highest BCUT2D eigenvalue weighted by Crippen LogP contribution is 2.20. The molecule has 0 saturated heterocycles. The third-order valence-electron chi connectivity index (χ3n) is 4.18. The summed E-state index contributed by atoms with van der Waals surface area (Å²) in [6, 6.07) is 16.6. The van der Waals surface area contributed by atoms with Gasteiger partial charge in [-0.05, 0) is 52.7 Å². The predicted molar refractivity (Wildman–Crippen MR) is 98.9 cm³/mol. The van der Waals surface area contributed by atoms with E-state index in [1.807, 2.05) is 12.1 Å². The van der Waals surface area contributed by atoms with Crippen LogP contribution in [0.2, 0.25) is 0 Å². The minimum absolute atomic E-state index is 0.00784. The van der Waals surface area contributed by atoms with Gasteiger partial charge in [0.1, 0.15) is 17.7 Å². The van der Waals surface area contributed by atoms with Crippen LogP contribution in [0.25, 0.3) is 32.7 Å². The van der Waals surface area contributed by atoms with Crippen LogP contribution in [0.15, 0.2) is 36.4 Å². The monoisotopic (exact) mass is 323 g/mol. The van der Waals surface area contributed by atoms with Crippen molar-refractivity contribution in [2.75, 3.05) is 11.5 Å². The lowest BCUT2D eigenvalue weighted by molar-refractivity contribution is 1.50. The number of nitrogen functional groups attached to an aromatic ring is 2. The molecule has 0 aromatic heterocycles. The largest absolute Gasteiger partial charge is 0.399 e. The van der Waals surface area contributed by atoms with E-state index in [1.54, 1.807) is 43.3 Å². The van der Waals surface area contributed by atoms with Crippen molar-refractivity contribution in [1.29, 1.82) is 15.8 Å². The number of fused-ring (bicyclic) bond motifs is 2. The van der Waals surface area contributed by atoms with Crippen LogP contribution in [-0.4, -0.2) is 0 Å². The van der Waals surface area contributed by atoms with E-state index >= 15 is 0 Å². The molecule has 25 heavy (non-hydrogen) atoms. The van der Waals surface area contributed by atoms with Crippen LogP contribution in [0.4, 0.5) is 11.4 Å². The zero-order valence-electron chi connectivity index (χ0n) is 13.5. The molecule has 5 nitrogen and oxygen atoms in total. The van der Waals surface area contributed by atoms with E-state index in [9.17, 15) is 15.8 Å². The molecule has 0 bridgehead atoms. The van der Waals surface area contributed by atoms with Crippen LogP contribution in [0, 0.1) is 34.0 Å². The molecule has 3 aromatic carbocycles. The van der Waals surface area contributed by atoms with Gasteiger partial charge in [-0.3, -0.25) is 0 Å². The lowest BCUT2D eigenvalue weighted by Crippen LogP contribution is -2.18. The molecule has 3 aromatic rings. The van der Waals surface area contributed by atoms with Gasteiger partial charge in [0.05, 0.1) is 6.07 Å². The van der Waals surface area contributed by atoms with Gasteiger partial charge < -0.3 is 11.5 Å². The normalized spacial score (nSPS) is 11.4. The second-order valence-corrected chi connectivity index (χ2v) is 5.70. The van der Waals surface area contributed by atoms with Crippen LogP contribution in [0.1, 0.15) is 6.92 Å². The van der Waals surface area contributed by atoms with Gasteiger partial charge in [0.15, 0.2) is 0 Å². The molecular weight excluding hydrogens is 310 g/mol. The lowest BCUT2D eigenvalue weighted by Gasteiger charge is -2.10. The van der Waals surface area contributed by atoms with Crippen LogP contribution < -0.4 is 21.9 Å². The number of nitrogens with two attached hydrogens (primary N) is 2. The van der Waals surface area contributed by atoms with Crippen molar-refractivity contribution in [3.8, 4) is 18.2 Å². The molecule has 0 saturated carbocycles. The quantitative estimate of drug-likeness (QED) is 0.484. The van der Waals surface area contributed by atoms with E-state index in [0.717, 1.165) is 16.0 Å². The Morgan fingerprint density at radius 1 is 0.720 bits per heavy atom. The first kappa shape index (κ1) is 15.9. The highest BCUT2D eigenvalue weighted by Gasteiger charge is 2.12. The first-order valence-electron chi connectivity index (χ1n) is 7.47. The van der Waals surface area contributed by atoms with Crippen LogP contribution in [0.3, 0.4) is 0 Å². The van der Waals surface area contributed by atoms with E-state index in [-0.39, 0.29) is 5.57 Å². The molecule has 5 heteroatoms. The molecule has 0 amide bonds. The summed E-state index contributed by atoms with van der Waals surface area (Å²) in [6.45, 7) is 1.73. The van der Waals surface area contributed by atoms with E-state index < -0.39 is 0 Å². The Hall–Kier alpha value is -4.01. The average Bonchev–Trinajstić information content (AvgIpc) is 2.61. The lowest BCUT2D eigenvalue weighted by atomic mass is 9.93. The third-order valence-corrected chi connectivity index (χ3v) is 4.18. The van der Waals surface area contributed by atoms with Gasteiger partial charge in [0.25, 0.3) is 0 Å². The Morgan fingerprint density at radius 3 is 1.68 bits per heavy atom. The number of hydrogen-bond acceptors (Lipinski definition) is 5. The smallest absolute Gasteiger partial charge is 0.138 e. The first-order chi connectivity index (χ1) is 12.0. The van der Waals surface area contributed by atoms with E-state index in [4.69, 9.17) is 11.5 Å². The fourth-order valence-corrected chi connectivity index (χ4v) is 3.13. The molecule has 118 valence electrons. The fourth-order valence-electron chi connectivity index (χ4n) is 3.13. The highest BCUT2D eigenvalue weighted by atomic mass is 14.5. The van der Waals surface area contributed by atoms with Crippen molar-refractivity contribution in [2.24, 2.45) is 0 Å². The van der Waals surface area contributed by atoms with Gasteiger partial charge in [-0.15, -0.1) is 0 Å². The maximum atomic E-state index is 9.45. The minimum Gasteiger partial charge on any atom is -0.399 e. The summed E-state index contributed by atoms with van der Waals surface area (Å²) >= 11 is 0. The molecule has 3 rings (SSSR count). The standard InChI is InChI=1S/C20H13N5/c1-11(8-21)19-15-4-2-14(25)7-18(15)20(12(9-22)10-23)16-5-3-13(24)6-17(16)19/h2-7H,24-25H2,1H3/b19-11+. The van der Waals surface area contributed by atoms with Gasteiger partial charge >= 0.3 is 0 Å². The van der Waals surface area contributed by atoms with Gasteiger partial charge in [-0.1, -0.05) is 12.1 Å². The van der Waals surface area contributed by atoms with Gasteiger partial charge in [0, 0.05) is 27.4 Å². The average molecular weight is 323 g/mol. The summed E-state index contributed by atoms with van der Waals surface area (Å²) in [4.78, 5) is 0. The van der Waals surface area contributed by atoms with Crippen molar-refractivity contribution in [1.82, 2.24) is 0 Å². The molecule has 0 unspecified atom stereocenters. The van der Waals surface area contributed by atoms with Crippen LogP contribution in [-0.2, 0) is 0 Å². The van der Waals surface area contributed by atoms with Gasteiger partial charge in [-0.25, -0.2) is 0 Å². The molecule has 0 aliphatic heterocycles. The molecule has 0 radical (unpaired) electrons. The molecular formula is C20H13N5. The van der Waals surface area contributed by atoms with E-state index in [1.165, 1.54) is 0 Å². The second kappa shape index (κ2) is 5.89. The summed E-state index contributed by atoms with van der Waals surface area (Å²) < 4.78 is 0. The van der Waals surface area contributed by atoms with E-state index in [0.29, 0.717) is 32.9 Å². The molecule has 0 aliphatic carbocycles. The Balaban J connectivity index is 2.94. The fraction of sp³-hybridized carbons (Fsp3) is 0.0500. The Morgan fingerprint density at radius 2 is 1.20 bits per heavy atom. The van der Waals surface area contributed by atoms with Crippen molar-refractivity contribution in [3.63, 3.8) is 0 Å². The number of nitriles is 3. The Kier molecular flexibility index (Phi) is 3.74. The Bertz CT molecular complexity index is 1280. The molecule has 0 spiro atoms. The highest BCUT2D eigenvalue weighted by molar-refractivity contribution is 6.06. The maximum Gasteiger partial charge on any atom is 0.138 e. The van der Waals surface area contributed by atoms with E-state index in [2.05, 4.69) is 6.07 Å². The second-order valence-electron chi connectivity index (χ2n) is 5.70. The summed E-state index contributed by atoms with van der Waals surface area (Å²) in [5.41, 5.74) is 13.4. The van der Waals surface area contributed by atoms with Crippen molar-refractivity contribution < 1.29 is 0 Å². The van der Waals surface area contributed by atoms with Crippen molar-refractivity contribution in [3.05, 3.63) is 46.8 Å². The summed E-state index contributed by atoms with van der Waals surface area (Å²) in [6.07, 6.45) is 0. The molecule has 0 heterocycles. The first-order valence-corrected chi connectivity index (χ1v) is 7.47. The van der Waals surface area contributed by atoms with Crippen LogP contribution >= 0.6 is 0 Å². The number of anilines is 2. The number of hydrogen-bond donors (Lipinski definition) is 2. The van der Waals surface area contributed by atoms with Gasteiger partial charge in [0.2, 0.25) is 0 Å².